The molecule has 0 aromatic rings. The minimum Gasteiger partial charge on any atom is -0.353 e. The zero-order valence-corrected chi connectivity index (χ0v) is 14.2. The van der Waals surface area contributed by atoms with Crippen LogP contribution >= 0.6 is 0 Å². The fraction of sp³-hybridized carbons (Fsp3) is 0.929. The summed E-state index contributed by atoms with van der Waals surface area (Å²) < 4.78 is 26.0. The molecule has 1 rings (SSSR count). The lowest BCUT2D eigenvalue weighted by molar-refractivity contribution is -0.121. The molecule has 0 spiro atoms. The van der Waals surface area contributed by atoms with Crippen molar-refractivity contribution in [2.45, 2.75) is 58.5 Å². The van der Waals surface area contributed by atoms with E-state index in [1.165, 1.54) is 10.7 Å². The highest BCUT2D eigenvalue weighted by Crippen LogP contribution is 2.12. The van der Waals surface area contributed by atoms with Gasteiger partial charge in [-0.25, -0.2) is 8.42 Å². The van der Waals surface area contributed by atoms with Crippen molar-refractivity contribution >= 4 is 15.9 Å². The van der Waals surface area contributed by atoms with E-state index in [1.807, 2.05) is 13.8 Å². The lowest BCUT2D eigenvalue weighted by atomic mass is 10.0. The Morgan fingerprint density at radius 3 is 2.62 bits per heavy atom. The number of piperidine rings is 1. The van der Waals surface area contributed by atoms with E-state index in [4.69, 9.17) is 0 Å². The first kappa shape index (κ1) is 18.4. The highest BCUT2D eigenvalue weighted by atomic mass is 32.2. The molecule has 124 valence electrons. The van der Waals surface area contributed by atoms with E-state index in [0.29, 0.717) is 13.0 Å². The van der Waals surface area contributed by atoms with E-state index in [9.17, 15) is 13.2 Å². The Labute approximate surface area is 128 Å². The number of nitrogens with zero attached hydrogens (tertiary/aromatic N) is 1. The Kier molecular flexibility index (Phi) is 7.62. The highest BCUT2D eigenvalue weighted by molar-refractivity contribution is 7.89. The van der Waals surface area contributed by atoms with Crippen molar-refractivity contribution in [3.05, 3.63) is 0 Å². The van der Waals surface area contributed by atoms with Crippen LogP contribution in [0.4, 0.5) is 0 Å². The topological polar surface area (TPSA) is 78.5 Å². The van der Waals surface area contributed by atoms with Gasteiger partial charge >= 0.3 is 0 Å². The maximum Gasteiger partial charge on any atom is 0.235 e. The molecule has 1 atom stereocenters. The number of sulfonamides is 1. The van der Waals surface area contributed by atoms with Gasteiger partial charge in [0.2, 0.25) is 15.9 Å². The van der Waals surface area contributed by atoms with Gasteiger partial charge in [-0.05, 0) is 39.7 Å². The second-order valence-electron chi connectivity index (χ2n) is 5.90. The Hall–Kier alpha value is -0.660. The van der Waals surface area contributed by atoms with E-state index in [1.54, 1.807) is 6.92 Å². The predicted octanol–water partition coefficient (Wildman–Crippen LogP) is 0.695. The predicted molar refractivity (Wildman–Crippen MR) is 84.6 cm³/mol. The summed E-state index contributed by atoms with van der Waals surface area (Å²) in [6.07, 6.45) is 3.98. The fourth-order valence-corrected chi connectivity index (χ4v) is 4.07. The van der Waals surface area contributed by atoms with Gasteiger partial charge in [-0.2, -0.15) is 4.31 Å². The van der Waals surface area contributed by atoms with Crippen LogP contribution in [-0.4, -0.2) is 56.1 Å². The number of rotatable bonds is 8. The molecule has 0 saturated carbocycles. The molecule has 0 aromatic heterocycles. The molecule has 1 unspecified atom stereocenters. The van der Waals surface area contributed by atoms with Crippen LogP contribution in [0.25, 0.3) is 0 Å². The van der Waals surface area contributed by atoms with E-state index in [2.05, 4.69) is 10.6 Å². The lowest BCUT2D eigenvalue weighted by Crippen LogP contribution is -2.44. The summed E-state index contributed by atoms with van der Waals surface area (Å²) in [5.74, 6) is -0.140. The first-order valence-electron chi connectivity index (χ1n) is 7.85. The average molecular weight is 319 g/mol. The molecular weight excluding hydrogens is 290 g/mol. The van der Waals surface area contributed by atoms with Gasteiger partial charge in [-0.3, -0.25) is 4.79 Å². The molecule has 1 aliphatic heterocycles. The molecular formula is C14H29N3O3S. The zero-order valence-electron chi connectivity index (χ0n) is 13.4. The van der Waals surface area contributed by atoms with Crippen LogP contribution in [0.2, 0.25) is 0 Å². The average Bonchev–Trinajstić information content (AvgIpc) is 2.43. The summed E-state index contributed by atoms with van der Waals surface area (Å²) in [7, 11) is -3.37. The minimum absolute atomic E-state index is 0.0188. The largest absolute Gasteiger partial charge is 0.353 e. The van der Waals surface area contributed by atoms with Crippen molar-refractivity contribution < 1.29 is 13.2 Å². The Morgan fingerprint density at radius 1 is 1.38 bits per heavy atom. The lowest BCUT2D eigenvalue weighted by Gasteiger charge is -2.25. The molecule has 6 nitrogen and oxygen atoms in total. The fourth-order valence-electron chi connectivity index (χ4n) is 2.53. The van der Waals surface area contributed by atoms with Crippen LogP contribution in [0.3, 0.4) is 0 Å². The van der Waals surface area contributed by atoms with Crippen molar-refractivity contribution in [3.8, 4) is 0 Å². The van der Waals surface area contributed by atoms with Gasteiger partial charge in [0, 0.05) is 18.6 Å². The number of hydrogen-bond acceptors (Lipinski definition) is 4. The van der Waals surface area contributed by atoms with E-state index >= 15 is 0 Å². The number of nitrogens with one attached hydrogen (secondary N) is 2. The van der Waals surface area contributed by atoms with Crippen LogP contribution in [-0.2, 0) is 14.8 Å². The third kappa shape index (κ3) is 6.76. The maximum absolute atomic E-state index is 12.3. The number of likely N-dealkylation sites (N-methyl/N-ethyl adjacent to an activating group) is 1. The Balaban J connectivity index is 2.50. The number of carbonyl (C=O) groups excluding carboxylic acids is 1. The molecule has 1 fully saturated rings. The molecule has 7 heteroatoms. The van der Waals surface area contributed by atoms with Crippen molar-refractivity contribution in [1.82, 2.24) is 14.9 Å². The molecule has 1 heterocycles. The molecule has 1 aliphatic rings. The Bertz CT molecular complexity index is 417. The summed E-state index contributed by atoms with van der Waals surface area (Å²) in [4.78, 5) is 11.7. The SMILES string of the molecule is CCN(CC(=O)NC(C)C)S(=O)(=O)CCC1CCCCN1. The van der Waals surface area contributed by atoms with Gasteiger partial charge in [-0.1, -0.05) is 13.3 Å². The monoisotopic (exact) mass is 319 g/mol. The van der Waals surface area contributed by atoms with Crippen LogP contribution in [0.1, 0.15) is 46.5 Å². The number of amides is 1. The number of hydrogen-bond donors (Lipinski definition) is 2. The third-order valence-electron chi connectivity index (χ3n) is 3.65. The van der Waals surface area contributed by atoms with Crippen molar-refractivity contribution in [2.75, 3.05) is 25.4 Å². The summed E-state index contributed by atoms with van der Waals surface area (Å²) in [6, 6.07) is 0.307. The zero-order chi connectivity index (χ0) is 15.9. The van der Waals surface area contributed by atoms with E-state index in [-0.39, 0.29) is 30.3 Å². The molecule has 0 bridgehead atoms. The third-order valence-corrected chi connectivity index (χ3v) is 5.58. The summed E-state index contributed by atoms with van der Waals surface area (Å²) >= 11 is 0. The second kappa shape index (κ2) is 8.70. The smallest absolute Gasteiger partial charge is 0.235 e. The summed E-state index contributed by atoms with van der Waals surface area (Å²) in [5, 5.41) is 6.08. The van der Waals surface area contributed by atoms with Gasteiger partial charge in [0.1, 0.15) is 0 Å². The van der Waals surface area contributed by atoms with Gasteiger partial charge in [0.05, 0.1) is 12.3 Å². The Morgan fingerprint density at radius 2 is 2.10 bits per heavy atom. The van der Waals surface area contributed by atoms with Crippen molar-refractivity contribution in [3.63, 3.8) is 0 Å². The van der Waals surface area contributed by atoms with Gasteiger partial charge in [0.25, 0.3) is 0 Å². The number of carbonyl (C=O) groups is 1. The quantitative estimate of drug-likeness (QED) is 0.690. The summed E-state index contributed by atoms with van der Waals surface area (Å²) in [5.41, 5.74) is 0. The molecule has 0 radical (unpaired) electrons. The first-order valence-corrected chi connectivity index (χ1v) is 9.46. The molecule has 1 saturated heterocycles. The van der Waals surface area contributed by atoms with Gasteiger partial charge in [-0.15, -0.1) is 0 Å². The van der Waals surface area contributed by atoms with Crippen LogP contribution in [0.15, 0.2) is 0 Å². The molecule has 21 heavy (non-hydrogen) atoms. The van der Waals surface area contributed by atoms with E-state index < -0.39 is 10.0 Å². The second-order valence-corrected chi connectivity index (χ2v) is 7.99. The normalized spacial score (nSPS) is 20.0. The highest BCUT2D eigenvalue weighted by Gasteiger charge is 2.25. The van der Waals surface area contributed by atoms with Crippen LogP contribution in [0, 0.1) is 0 Å². The van der Waals surface area contributed by atoms with Crippen LogP contribution < -0.4 is 10.6 Å². The molecule has 0 aliphatic carbocycles. The van der Waals surface area contributed by atoms with E-state index in [0.717, 1.165) is 19.4 Å². The first-order chi connectivity index (χ1) is 9.85. The molecule has 2 N–H and O–H groups in total. The summed E-state index contributed by atoms with van der Waals surface area (Å²) in [6.45, 7) is 6.69. The maximum atomic E-state index is 12.3. The van der Waals surface area contributed by atoms with Gasteiger partial charge < -0.3 is 10.6 Å². The van der Waals surface area contributed by atoms with Gasteiger partial charge in [0.15, 0.2) is 0 Å². The van der Waals surface area contributed by atoms with Crippen molar-refractivity contribution in [2.24, 2.45) is 0 Å². The molecule has 1 amide bonds. The standard InChI is InChI=1S/C14H29N3O3S/c1-4-17(11-14(18)16-12(2)3)21(19,20)10-8-13-7-5-6-9-15-13/h12-13,15H,4-11H2,1-3H3,(H,16,18). The van der Waals surface area contributed by atoms with Crippen molar-refractivity contribution in [1.29, 1.82) is 0 Å². The van der Waals surface area contributed by atoms with Crippen LogP contribution in [0.5, 0.6) is 0 Å². The minimum atomic E-state index is -3.37. The molecule has 0 aromatic carbocycles.